The van der Waals surface area contributed by atoms with Crippen LogP contribution in [0.4, 0.5) is 11.9 Å². The Balaban J connectivity index is 0.000000114. The second-order valence-corrected chi connectivity index (χ2v) is 31.2. The smallest absolute Gasteiger partial charge is 0.211 e. The molecule has 10 aromatic heterocycles. The SMILES string of the molecule is Cc1ccc(-c2nc(N3CCOCC3)n3ccncc23)cc1.Clc1ccc(-c2nc(N3CCOCC3)n3ccncc23)cc1.OCC1CCN(Cc2cn(-c3ccc(Cl)cc3)c3cnccc23)CC1.OCCC1CCN(Cc2cn(-c3ccc(Cl)cc3)c3cnccc23)CC1.OCCNCc1cn(-c2ccc(Cl)cc2)c2cnccc12. The molecule has 15 aromatic rings. The van der Waals surface area contributed by atoms with Gasteiger partial charge in [-0.05, 0) is 197 Å². The summed E-state index contributed by atoms with van der Waals surface area (Å²) in [4.78, 5) is 40.7. The summed E-state index contributed by atoms with van der Waals surface area (Å²) in [7, 11) is 0. The number of hydrogen-bond acceptors (Lipinski definition) is 17. The van der Waals surface area contributed by atoms with Crippen molar-refractivity contribution in [3.8, 4) is 39.6 Å². The summed E-state index contributed by atoms with van der Waals surface area (Å²) in [6, 6.07) is 46.0. The van der Waals surface area contributed by atoms with Crippen LogP contribution in [-0.4, -0.2) is 188 Å². The van der Waals surface area contributed by atoms with E-state index in [2.05, 4.69) is 134 Å². The molecule has 22 nitrogen and oxygen atoms in total. The molecule has 4 aliphatic rings. The fraction of sp³-hybridized carbons (Fsp3) is 0.300. The number of pyridine rings is 3. The van der Waals surface area contributed by atoms with E-state index in [1.165, 1.54) is 45.9 Å². The fourth-order valence-electron chi connectivity index (χ4n) is 15.6. The number of aliphatic hydroxyl groups is 3. The van der Waals surface area contributed by atoms with Crippen molar-refractivity contribution in [3.05, 3.63) is 275 Å². The first-order chi connectivity index (χ1) is 56.9. The highest BCUT2D eigenvalue weighted by Gasteiger charge is 2.26. The normalized spacial score (nSPS) is 15.1. The van der Waals surface area contributed by atoms with Crippen molar-refractivity contribution in [2.75, 3.05) is 115 Å². The standard InChI is InChI=1S/C21H24ClN3O.C20H22ClN3O.C17H18N4O.C16H15ClN4O.C16H16ClN3O/c22-18-1-3-19(4-2-18)25-15-17(20-5-9-23-13-21(20)25)14-24-10-6-16(7-11-24)8-12-26;21-17-1-3-18(4-2-17)24-13-16(19-5-8-22-11-20(19)24)12-23-9-6-15(14-25)7-10-23;1-13-2-4-14(5-3-13)16-15-12-18-6-7-21(15)17(19-16)20-8-10-22-11-9-20;17-13-3-1-12(2-4-13)15-14-11-18-5-6-21(14)16(19-15)20-7-9-22-10-8-20;17-13-1-3-14(4-2-13)20-11-12(9-19-7-8-21)15-5-6-18-10-16(15)20/h1-5,9,13,15-16,26H,6-8,10-12,14H2;1-5,8,11,13,15,25H,6-7,9-10,12,14H2;2-7,12H,8-11H2,1H3;1-6,11H,7-10H2;1-6,10-11,19,21H,7-9H2. The third-order valence-electron chi connectivity index (χ3n) is 21.9. The maximum atomic E-state index is 9.32. The number of morpholine rings is 2. The molecule has 598 valence electrons. The van der Waals surface area contributed by atoms with E-state index in [4.69, 9.17) is 76.1 Å². The number of benzene rings is 5. The highest BCUT2D eigenvalue weighted by molar-refractivity contribution is 6.31. The molecule has 0 aliphatic carbocycles. The molecule has 26 heteroatoms. The van der Waals surface area contributed by atoms with Gasteiger partial charge in [0, 0.05) is 192 Å². The van der Waals surface area contributed by atoms with Gasteiger partial charge in [-0.15, -0.1) is 0 Å². The van der Waals surface area contributed by atoms with Gasteiger partial charge in [0.1, 0.15) is 0 Å². The number of aromatic nitrogens is 12. The Labute approximate surface area is 694 Å². The lowest BCUT2D eigenvalue weighted by Gasteiger charge is -2.31. The van der Waals surface area contributed by atoms with Crippen molar-refractivity contribution >= 4 is 102 Å². The van der Waals surface area contributed by atoms with Gasteiger partial charge in [-0.1, -0.05) is 88.4 Å². The average molecular weight is 1640 g/mol. The van der Waals surface area contributed by atoms with Crippen LogP contribution in [0.2, 0.25) is 20.1 Å². The summed E-state index contributed by atoms with van der Waals surface area (Å²) in [6.45, 7) is 16.7. The van der Waals surface area contributed by atoms with E-state index in [-0.39, 0.29) is 6.61 Å². The van der Waals surface area contributed by atoms with Crippen molar-refractivity contribution in [2.45, 2.75) is 58.7 Å². The van der Waals surface area contributed by atoms with Crippen LogP contribution in [0, 0.1) is 18.8 Å². The van der Waals surface area contributed by atoms with E-state index in [1.54, 1.807) is 18.6 Å². The highest BCUT2D eigenvalue weighted by Crippen LogP contribution is 2.35. The van der Waals surface area contributed by atoms with Gasteiger partial charge in [0.05, 0.1) is 103 Å². The maximum Gasteiger partial charge on any atom is 0.211 e. The Morgan fingerprint density at radius 3 is 1.16 bits per heavy atom. The van der Waals surface area contributed by atoms with Crippen LogP contribution in [0.25, 0.3) is 83.3 Å². The second-order valence-electron chi connectivity index (χ2n) is 29.5. The largest absolute Gasteiger partial charge is 0.396 e. The number of aliphatic hydroxyl groups excluding tert-OH is 3. The Bertz CT molecular complexity index is 5520. The number of halogens is 4. The first-order valence-corrected chi connectivity index (χ1v) is 41.2. The number of fused-ring (bicyclic) bond motifs is 5. The number of nitrogens with zero attached hydrogens (tertiary/aromatic N) is 16. The Hall–Kier alpha value is -10.2. The number of likely N-dealkylation sites (tertiary alicyclic amines) is 2. The molecule has 0 radical (unpaired) electrons. The zero-order valence-electron chi connectivity index (χ0n) is 64.9. The van der Waals surface area contributed by atoms with Crippen LogP contribution in [0.1, 0.15) is 54.4 Å². The summed E-state index contributed by atoms with van der Waals surface area (Å²) in [5, 5.41) is 37.1. The van der Waals surface area contributed by atoms with E-state index in [1.807, 2.05) is 159 Å². The zero-order valence-corrected chi connectivity index (χ0v) is 67.9. The van der Waals surface area contributed by atoms with Crippen molar-refractivity contribution < 1.29 is 24.8 Å². The Morgan fingerprint density at radius 1 is 0.405 bits per heavy atom. The predicted octanol–water partition coefficient (Wildman–Crippen LogP) is 16.3. The summed E-state index contributed by atoms with van der Waals surface area (Å²) >= 11 is 24.0. The number of ether oxygens (including phenoxy) is 2. The quantitative estimate of drug-likeness (QED) is 0.0587. The molecule has 0 unspecified atom stereocenters. The van der Waals surface area contributed by atoms with Crippen LogP contribution in [-0.2, 0) is 29.1 Å². The molecule has 5 aromatic carbocycles. The molecule has 0 spiro atoms. The van der Waals surface area contributed by atoms with Crippen molar-refractivity contribution in [1.82, 2.24) is 72.5 Å². The van der Waals surface area contributed by atoms with E-state index in [0.29, 0.717) is 38.1 Å². The van der Waals surface area contributed by atoms with E-state index in [0.717, 1.165) is 216 Å². The minimum atomic E-state index is 0.136. The number of aryl methyl sites for hydroxylation is 1. The molecule has 4 fully saturated rings. The molecule has 14 heterocycles. The van der Waals surface area contributed by atoms with Gasteiger partial charge in [0.25, 0.3) is 0 Å². The lowest BCUT2D eigenvalue weighted by atomic mass is 9.94. The number of nitrogens with one attached hydrogen (secondary N) is 1. The molecule has 4 saturated heterocycles. The minimum absolute atomic E-state index is 0.136. The van der Waals surface area contributed by atoms with E-state index < -0.39 is 0 Å². The summed E-state index contributed by atoms with van der Waals surface area (Å²) < 4.78 is 21.6. The Morgan fingerprint density at radius 2 is 0.767 bits per heavy atom. The van der Waals surface area contributed by atoms with Crippen LogP contribution < -0.4 is 15.1 Å². The number of hydrogen-bond donors (Lipinski definition) is 4. The molecule has 19 rings (SSSR count). The molecule has 4 aliphatic heterocycles. The van der Waals surface area contributed by atoms with Crippen molar-refractivity contribution in [1.29, 1.82) is 0 Å². The van der Waals surface area contributed by atoms with Crippen LogP contribution in [0.15, 0.2) is 232 Å². The monoisotopic (exact) mass is 1630 g/mol. The maximum absolute atomic E-state index is 9.32. The molecular formula is C90H95Cl4N17O5. The van der Waals surface area contributed by atoms with Gasteiger partial charge in [-0.2, -0.15) is 0 Å². The molecular weight excluding hydrogens is 1540 g/mol. The van der Waals surface area contributed by atoms with Crippen molar-refractivity contribution in [2.24, 2.45) is 11.8 Å². The molecule has 0 saturated carbocycles. The van der Waals surface area contributed by atoms with Gasteiger partial charge < -0.3 is 53.6 Å². The van der Waals surface area contributed by atoms with Gasteiger partial charge in [-0.25, -0.2) is 9.97 Å². The van der Waals surface area contributed by atoms with E-state index in [9.17, 15) is 5.11 Å². The van der Waals surface area contributed by atoms with Crippen LogP contribution in [0.5, 0.6) is 0 Å². The van der Waals surface area contributed by atoms with Gasteiger partial charge in [-0.3, -0.25) is 43.5 Å². The molecule has 0 amide bonds. The van der Waals surface area contributed by atoms with Gasteiger partial charge in [0.15, 0.2) is 0 Å². The third kappa shape index (κ3) is 19.6. The number of piperidine rings is 2. The summed E-state index contributed by atoms with van der Waals surface area (Å²) in [5.41, 5.74) is 17.7. The first kappa shape index (κ1) is 81.0. The molecule has 0 atom stereocenters. The van der Waals surface area contributed by atoms with E-state index >= 15 is 0 Å². The lowest BCUT2D eigenvalue weighted by molar-refractivity contribution is 0.122. The lowest BCUT2D eigenvalue weighted by Crippen LogP contribution is -2.37. The highest BCUT2D eigenvalue weighted by atomic mass is 35.5. The minimum Gasteiger partial charge on any atom is -0.396 e. The van der Waals surface area contributed by atoms with Gasteiger partial charge in [0.2, 0.25) is 11.9 Å². The molecule has 0 bridgehead atoms. The number of anilines is 2. The summed E-state index contributed by atoms with van der Waals surface area (Å²) in [5.74, 6) is 3.05. The van der Waals surface area contributed by atoms with Gasteiger partial charge >= 0.3 is 0 Å². The third-order valence-corrected chi connectivity index (χ3v) is 22.9. The number of rotatable bonds is 18. The first-order valence-electron chi connectivity index (χ1n) is 39.6. The van der Waals surface area contributed by atoms with Crippen LogP contribution >= 0.6 is 46.4 Å². The predicted molar refractivity (Wildman–Crippen MR) is 464 cm³/mol. The Kier molecular flexibility index (Phi) is 27.4. The second kappa shape index (κ2) is 39.2. The average Bonchev–Trinajstić information content (AvgIpc) is 1.69. The zero-order chi connectivity index (χ0) is 79.7. The molecule has 116 heavy (non-hydrogen) atoms. The van der Waals surface area contributed by atoms with Crippen LogP contribution in [0.3, 0.4) is 0 Å². The topological polar surface area (TPSA) is 218 Å². The fourth-order valence-corrected chi connectivity index (χ4v) is 16.1. The number of imidazole rings is 2. The molecule has 4 N–H and O–H groups in total. The summed E-state index contributed by atoms with van der Waals surface area (Å²) in [6.07, 6.45) is 34.5. The van der Waals surface area contributed by atoms with Crippen molar-refractivity contribution in [3.63, 3.8) is 0 Å².